The summed E-state index contributed by atoms with van der Waals surface area (Å²) in [7, 11) is 0. The third-order valence-electron chi connectivity index (χ3n) is 7.47. The standard InChI is InChI=1S/C12H11Si.C9H13.C6H11NO.Ti/c1-3-7-11(8-4-1)13-12-9-5-2-6-10-12;1-6-5-7(2)9(4)8(6)3;7-6(8)5-3-1-2-4-5;/h1-10,13H;6H,1-4H3;5H,1-4H2,(H2,7,8);/q;;;+1/p-1. The molecule has 1 amide bonds. The van der Waals surface area contributed by atoms with Gasteiger partial charge in [-0.05, 0) is 0 Å². The van der Waals surface area contributed by atoms with Gasteiger partial charge in [0.05, 0.1) is 0 Å². The first kappa shape index (κ1) is 22.5. The zero-order valence-electron chi connectivity index (χ0n) is 19.2. The minimum atomic E-state index is -2.16. The Labute approximate surface area is 194 Å². The Morgan fingerprint density at radius 2 is 1.39 bits per heavy atom. The molecule has 2 aliphatic rings. The fraction of sp³-hybridized carbons (Fsp3) is 0.370. The Hall–Kier alpha value is -1.68. The van der Waals surface area contributed by atoms with Crippen molar-refractivity contribution < 1.29 is 22.2 Å². The topological polar surface area (TPSA) is 29.1 Å². The van der Waals surface area contributed by atoms with Crippen LogP contribution < -0.4 is 14.2 Å². The van der Waals surface area contributed by atoms with Crippen molar-refractivity contribution in [2.75, 3.05) is 0 Å². The van der Waals surface area contributed by atoms with E-state index >= 15 is 0 Å². The van der Waals surface area contributed by atoms with Crippen molar-refractivity contribution in [3.8, 4) is 0 Å². The quantitative estimate of drug-likeness (QED) is 0.621. The van der Waals surface area contributed by atoms with Crippen molar-refractivity contribution in [3.63, 3.8) is 0 Å². The van der Waals surface area contributed by atoms with Gasteiger partial charge >= 0.3 is 195 Å². The second-order valence-corrected chi connectivity index (χ2v) is 19.0. The van der Waals surface area contributed by atoms with Gasteiger partial charge in [0.15, 0.2) is 0 Å². The van der Waals surface area contributed by atoms with E-state index in [4.69, 9.17) is 0 Å². The van der Waals surface area contributed by atoms with Gasteiger partial charge < -0.3 is 0 Å². The average Bonchev–Trinajstić information content (AvgIpc) is 3.40. The molecule has 1 unspecified atom stereocenters. The van der Waals surface area contributed by atoms with E-state index in [-0.39, 0.29) is 5.92 Å². The molecule has 0 saturated heterocycles. The molecule has 4 rings (SSSR count). The second-order valence-electron chi connectivity index (χ2n) is 9.21. The SMILES string of the molecule is CC1=C(C)C(C)[C]([Ti]([NH]C(=O)C2CCCC2)[SiH](c2ccccc2)c2ccccc2)=C1C. The fourth-order valence-electron chi connectivity index (χ4n) is 5.33. The Balaban J connectivity index is 1.82. The molecule has 2 aromatic rings. The average molecular weight is 465 g/mol. The Kier molecular flexibility index (Phi) is 7.16. The van der Waals surface area contributed by atoms with Crippen molar-refractivity contribution in [2.45, 2.75) is 53.4 Å². The number of benzene rings is 2. The summed E-state index contributed by atoms with van der Waals surface area (Å²) < 4.78 is 5.41. The predicted octanol–water partition coefficient (Wildman–Crippen LogP) is 4.62. The first-order valence-corrected chi connectivity index (χ1v) is 17.6. The molecule has 1 atom stereocenters. The maximum absolute atomic E-state index is 13.5. The Bertz CT molecular complexity index is 953. The molecule has 0 aliphatic heterocycles. The Morgan fingerprint density at radius 3 is 1.84 bits per heavy atom. The van der Waals surface area contributed by atoms with E-state index in [0.29, 0.717) is 11.8 Å². The molecule has 0 aromatic heterocycles. The van der Waals surface area contributed by atoms with Crippen molar-refractivity contribution in [2.24, 2.45) is 11.8 Å². The number of carbonyl (C=O) groups excluding carboxylic acids is 1. The molecule has 31 heavy (non-hydrogen) atoms. The predicted molar refractivity (Wildman–Crippen MR) is 130 cm³/mol. The van der Waals surface area contributed by atoms with E-state index < -0.39 is 24.0 Å². The van der Waals surface area contributed by atoms with Gasteiger partial charge in [0, 0.05) is 0 Å². The van der Waals surface area contributed by atoms with Crippen LogP contribution in [-0.2, 0) is 22.2 Å². The molecule has 2 aliphatic carbocycles. The molecule has 2 nitrogen and oxygen atoms in total. The van der Waals surface area contributed by atoms with Crippen molar-refractivity contribution in [1.29, 1.82) is 0 Å². The summed E-state index contributed by atoms with van der Waals surface area (Å²) in [6, 6.07) is 22.1. The van der Waals surface area contributed by atoms with Gasteiger partial charge in [-0.3, -0.25) is 0 Å². The molecule has 0 bridgehead atoms. The van der Waals surface area contributed by atoms with Crippen molar-refractivity contribution in [1.82, 2.24) is 3.80 Å². The van der Waals surface area contributed by atoms with Crippen LogP contribution in [0.3, 0.4) is 0 Å². The maximum atomic E-state index is 13.5. The van der Waals surface area contributed by atoms with Crippen molar-refractivity contribution >= 4 is 22.9 Å². The molecular weight excluding hydrogens is 430 g/mol. The zero-order valence-corrected chi connectivity index (χ0v) is 22.0. The summed E-state index contributed by atoms with van der Waals surface area (Å²) in [5.41, 5.74) is 4.38. The van der Waals surface area contributed by atoms with E-state index in [1.807, 2.05) is 0 Å². The molecule has 4 heteroatoms. The molecule has 2 aromatic carbocycles. The van der Waals surface area contributed by atoms with E-state index in [1.165, 1.54) is 39.9 Å². The molecule has 0 radical (unpaired) electrons. The van der Waals surface area contributed by atoms with Crippen LogP contribution in [0.2, 0.25) is 0 Å². The molecule has 0 heterocycles. The summed E-state index contributed by atoms with van der Waals surface area (Å²) >= 11 is -2.16. The third-order valence-corrected chi connectivity index (χ3v) is 20.8. The summed E-state index contributed by atoms with van der Waals surface area (Å²) in [5, 5.41) is 2.93. The van der Waals surface area contributed by atoms with Crippen LogP contribution >= 0.6 is 0 Å². The number of rotatable bonds is 6. The monoisotopic (exact) mass is 464 g/mol. The Morgan fingerprint density at radius 1 is 0.871 bits per heavy atom. The normalized spacial score (nSPS) is 19.5. The van der Waals surface area contributed by atoms with E-state index in [9.17, 15) is 4.79 Å². The number of hydrogen-bond donors (Lipinski definition) is 1. The van der Waals surface area contributed by atoms with Gasteiger partial charge in [-0.25, -0.2) is 0 Å². The van der Waals surface area contributed by atoms with Gasteiger partial charge in [0.25, 0.3) is 0 Å². The number of nitrogens with one attached hydrogen (secondary N) is 1. The van der Waals surface area contributed by atoms with Gasteiger partial charge in [-0.1, -0.05) is 0 Å². The van der Waals surface area contributed by atoms with Crippen LogP contribution in [0.5, 0.6) is 0 Å². The summed E-state index contributed by atoms with van der Waals surface area (Å²) in [6.45, 7) is 7.62. The molecular formula is C27H34NOSiTi. The molecule has 1 saturated carbocycles. The van der Waals surface area contributed by atoms with Crippen LogP contribution in [0.15, 0.2) is 81.3 Å². The van der Waals surface area contributed by atoms with E-state index in [1.54, 1.807) is 3.88 Å². The molecule has 1 N–H and O–H groups in total. The van der Waals surface area contributed by atoms with E-state index in [0.717, 1.165) is 12.8 Å². The molecule has 0 spiro atoms. The second kappa shape index (κ2) is 9.85. The number of amides is 1. The van der Waals surface area contributed by atoms with Gasteiger partial charge in [0.2, 0.25) is 0 Å². The van der Waals surface area contributed by atoms with Crippen LogP contribution in [0, 0.1) is 11.8 Å². The summed E-state index contributed by atoms with van der Waals surface area (Å²) in [4.78, 5) is 13.5. The van der Waals surface area contributed by atoms with Crippen LogP contribution in [0.4, 0.5) is 0 Å². The van der Waals surface area contributed by atoms with Crippen LogP contribution in [0.1, 0.15) is 53.4 Å². The minimum absolute atomic E-state index is 0.219. The summed E-state index contributed by atoms with van der Waals surface area (Å²) in [5.74, 6) is 1.00. The number of hydrogen-bond acceptors (Lipinski definition) is 1. The zero-order chi connectivity index (χ0) is 22.0. The van der Waals surface area contributed by atoms with Gasteiger partial charge in [-0.2, -0.15) is 0 Å². The fourth-order valence-corrected chi connectivity index (χ4v) is 20.6. The van der Waals surface area contributed by atoms with Crippen molar-refractivity contribution in [3.05, 3.63) is 81.3 Å². The van der Waals surface area contributed by atoms with Crippen LogP contribution in [-0.4, -0.2) is 12.6 Å². The van der Waals surface area contributed by atoms with Gasteiger partial charge in [-0.15, -0.1) is 0 Å². The first-order valence-electron chi connectivity index (χ1n) is 11.7. The first-order chi connectivity index (χ1) is 15.0. The van der Waals surface area contributed by atoms with Crippen LogP contribution in [0.25, 0.3) is 0 Å². The summed E-state index contributed by atoms with van der Waals surface area (Å²) in [6.07, 6.45) is 4.52. The molecule has 1 fully saturated rings. The molecule has 161 valence electrons. The third kappa shape index (κ3) is 4.60. The number of allylic oxidation sites excluding steroid dienone is 4. The number of carbonyl (C=O) groups is 1. The van der Waals surface area contributed by atoms with E-state index in [2.05, 4.69) is 92.2 Å². The van der Waals surface area contributed by atoms with Gasteiger partial charge in [0.1, 0.15) is 0 Å².